The first-order chi connectivity index (χ1) is 17.9. The van der Waals surface area contributed by atoms with Crippen molar-refractivity contribution < 1.29 is 4.79 Å². The second kappa shape index (κ2) is 8.97. The average Bonchev–Trinajstić information content (AvgIpc) is 3.28. The molecule has 9 nitrogen and oxygen atoms in total. The Balaban J connectivity index is 1.57. The van der Waals surface area contributed by atoms with Crippen LogP contribution >= 0.6 is 11.3 Å². The van der Waals surface area contributed by atoms with E-state index in [9.17, 15) is 19.2 Å². The number of pyridine rings is 1. The highest BCUT2D eigenvalue weighted by Gasteiger charge is 2.27. The first-order valence-corrected chi connectivity index (χ1v) is 12.8. The highest BCUT2D eigenvalue weighted by Crippen LogP contribution is 2.33. The van der Waals surface area contributed by atoms with Gasteiger partial charge in [0.2, 0.25) is 5.91 Å². The molecule has 6 rings (SSSR count). The minimum Gasteiger partial charge on any atom is -0.337 e. The van der Waals surface area contributed by atoms with Gasteiger partial charge in [-0.05, 0) is 29.7 Å². The number of nitrogens with zero attached hydrogens (tertiary/aromatic N) is 5. The topological polar surface area (TPSA) is 98.7 Å². The molecule has 0 unspecified atom stereocenters. The maximum atomic E-state index is 13.8. The Labute approximate surface area is 214 Å². The number of thiophene rings is 1. The second-order valence-electron chi connectivity index (χ2n) is 9.13. The fraction of sp³-hybridized carbons (Fsp3) is 0.222. The summed E-state index contributed by atoms with van der Waals surface area (Å²) < 4.78 is 4.25. The Bertz CT molecular complexity index is 1870. The monoisotopic (exact) mass is 513 g/mol. The molecular formula is C27H23N5O4S. The van der Waals surface area contributed by atoms with Crippen LogP contribution in [0.15, 0.2) is 75.2 Å². The maximum absolute atomic E-state index is 13.8. The number of hydrogen-bond acceptors (Lipinski definition) is 6. The fourth-order valence-corrected chi connectivity index (χ4v) is 6.26. The van der Waals surface area contributed by atoms with Gasteiger partial charge >= 0.3 is 5.69 Å². The van der Waals surface area contributed by atoms with E-state index in [2.05, 4.69) is 4.98 Å². The van der Waals surface area contributed by atoms with Gasteiger partial charge in [-0.2, -0.15) is 0 Å². The summed E-state index contributed by atoms with van der Waals surface area (Å²) in [5.74, 6) is -0.0252. The lowest BCUT2D eigenvalue weighted by atomic mass is 10.1. The second-order valence-corrected chi connectivity index (χ2v) is 10.2. The molecule has 0 saturated carbocycles. The van der Waals surface area contributed by atoms with Crippen LogP contribution in [0, 0.1) is 0 Å². The quantitative estimate of drug-likeness (QED) is 0.367. The summed E-state index contributed by atoms with van der Waals surface area (Å²) >= 11 is 1.36. The van der Waals surface area contributed by atoms with Crippen molar-refractivity contribution in [3.05, 3.63) is 114 Å². The number of amides is 1. The van der Waals surface area contributed by atoms with Crippen LogP contribution in [-0.4, -0.2) is 35.9 Å². The molecule has 0 atom stereocenters. The van der Waals surface area contributed by atoms with Crippen LogP contribution < -0.4 is 16.8 Å². The van der Waals surface area contributed by atoms with Crippen LogP contribution in [-0.2, 0) is 30.8 Å². The van der Waals surface area contributed by atoms with Gasteiger partial charge in [0.05, 0.1) is 30.7 Å². The third kappa shape index (κ3) is 3.99. The van der Waals surface area contributed by atoms with Crippen molar-refractivity contribution >= 4 is 33.1 Å². The molecule has 37 heavy (non-hydrogen) atoms. The molecule has 0 fully saturated rings. The van der Waals surface area contributed by atoms with Crippen molar-refractivity contribution in [3.8, 4) is 0 Å². The van der Waals surface area contributed by atoms with E-state index in [1.165, 1.54) is 33.3 Å². The Morgan fingerprint density at radius 1 is 1.00 bits per heavy atom. The molecule has 0 spiro atoms. The van der Waals surface area contributed by atoms with Gasteiger partial charge in [-0.3, -0.25) is 27.9 Å². The van der Waals surface area contributed by atoms with Crippen LogP contribution in [0.5, 0.6) is 0 Å². The SMILES string of the molecule is CC(=O)N1CCc2c(sc3c2c(=O)n(Cc2ccccc2)c(=O)n3Cc2cc(=O)n3ccccc3n2)C1. The van der Waals surface area contributed by atoms with E-state index in [-0.39, 0.29) is 30.1 Å². The van der Waals surface area contributed by atoms with Gasteiger partial charge in [0.15, 0.2) is 0 Å². The van der Waals surface area contributed by atoms with E-state index in [0.717, 1.165) is 16.0 Å². The third-order valence-corrected chi connectivity index (χ3v) is 8.02. The summed E-state index contributed by atoms with van der Waals surface area (Å²) in [7, 11) is 0. The Hall–Kier alpha value is -4.31. The summed E-state index contributed by atoms with van der Waals surface area (Å²) in [5, 5.41) is 0.510. The standard InChI is InChI=1S/C27H23N5O4S/c1-17(33)29-12-10-20-21(16-29)37-26-24(20)25(35)31(14-18-7-3-2-4-8-18)27(36)32(26)15-19-13-23(34)30-11-6-5-9-22(30)28-19/h2-9,11,13H,10,12,14-16H2,1H3. The summed E-state index contributed by atoms with van der Waals surface area (Å²) in [6.07, 6.45) is 2.19. The zero-order valence-electron chi connectivity index (χ0n) is 20.1. The minimum absolute atomic E-state index is 0.0252. The normalized spacial score (nSPS) is 13.3. The number of rotatable bonds is 4. The molecule has 186 valence electrons. The largest absolute Gasteiger partial charge is 0.337 e. The van der Waals surface area contributed by atoms with Crippen molar-refractivity contribution in [2.45, 2.75) is 33.0 Å². The smallest absolute Gasteiger partial charge is 0.332 e. The molecule has 1 aliphatic rings. The van der Waals surface area contributed by atoms with Crippen molar-refractivity contribution in [2.24, 2.45) is 0 Å². The predicted octanol–water partition coefficient (Wildman–Crippen LogP) is 2.23. The molecule has 0 aliphatic carbocycles. The van der Waals surface area contributed by atoms with Crippen molar-refractivity contribution in [2.75, 3.05) is 6.54 Å². The number of carbonyl (C=O) groups excluding carboxylic acids is 1. The van der Waals surface area contributed by atoms with E-state index in [1.807, 2.05) is 30.3 Å². The highest BCUT2D eigenvalue weighted by molar-refractivity contribution is 7.18. The van der Waals surface area contributed by atoms with Gasteiger partial charge in [0, 0.05) is 30.6 Å². The summed E-state index contributed by atoms with van der Waals surface area (Å²) in [4.78, 5) is 60.1. The van der Waals surface area contributed by atoms with Crippen LogP contribution in [0.3, 0.4) is 0 Å². The lowest BCUT2D eigenvalue weighted by Gasteiger charge is -2.25. The molecule has 4 aromatic heterocycles. The minimum atomic E-state index is -0.460. The van der Waals surface area contributed by atoms with E-state index in [1.54, 1.807) is 33.9 Å². The van der Waals surface area contributed by atoms with Crippen LogP contribution in [0.4, 0.5) is 0 Å². The highest BCUT2D eigenvalue weighted by atomic mass is 32.1. The molecule has 1 aliphatic heterocycles. The lowest BCUT2D eigenvalue weighted by Crippen LogP contribution is -2.41. The Kier molecular flexibility index (Phi) is 5.60. The van der Waals surface area contributed by atoms with Crippen LogP contribution in [0.1, 0.15) is 28.6 Å². The van der Waals surface area contributed by atoms with Gasteiger partial charge in [0.1, 0.15) is 10.5 Å². The molecule has 0 saturated heterocycles. The number of aromatic nitrogens is 4. The third-order valence-electron chi connectivity index (χ3n) is 6.78. The summed E-state index contributed by atoms with van der Waals surface area (Å²) in [5.41, 5.74) is 1.60. The van der Waals surface area contributed by atoms with Gasteiger partial charge < -0.3 is 4.90 Å². The van der Waals surface area contributed by atoms with Crippen molar-refractivity contribution in [3.63, 3.8) is 0 Å². The van der Waals surface area contributed by atoms with Gasteiger partial charge in [-0.1, -0.05) is 36.4 Å². The predicted molar refractivity (Wildman–Crippen MR) is 141 cm³/mol. The maximum Gasteiger partial charge on any atom is 0.332 e. The Morgan fingerprint density at radius 3 is 2.57 bits per heavy atom. The van der Waals surface area contributed by atoms with E-state index >= 15 is 0 Å². The molecule has 10 heteroatoms. The molecule has 1 aromatic carbocycles. The number of fused-ring (bicyclic) bond motifs is 4. The first kappa shape index (κ1) is 23.1. The Morgan fingerprint density at radius 2 is 1.78 bits per heavy atom. The van der Waals surface area contributed by atoms with E-state index < -0.39 is 5.69 Å². The molecular weight excluding hydrogens is 490 g/mol. The first-order valence-electron chi connectivity index (χ1n) is 12.0. The van der Waals surface area contributed by atoms with Crippen LogP contribution in [0.2, 0.25) is 0 Å². The zero-order valence-corrected chi connectivity index (χ0v) is 20.9. The lowest BCUT2D eigenvalue weighted by molar-refractivity contribution is -0.129. The molecule has 5 aromatic rings. The summed E-state index contributed by atoms with van der Waals surface area (Å²) in [6, 6.07) is 16.1. The van der Waals surface area contributed by atoms with Gasteiger partial charge in [-0.15, -0.1) is 11.3 Å². The number of benzene rings is 1. The number of hydrogen-bond donors (Lipinski definition) is 0. The molecule has 5 heterocycles. The molecule has 0 N–H and O–H groups in total. The molecule has 0 bridgehead atoms. The summed E-state index contributed by atoms with van der Waals surface area (Å²) in [6.45, 7) is 2.64. The van der Waals surface area contributed by atoms with Crippen molar-refractivity contribution in [1.82, 2.24) is 23.4 Å². The zero-order chi connectivity index (χ0) is 25.7. The average molecular weight is 514 g/mol. The van der Waals surface area contributed by atoms with Gasteiger partial charge in [-0.25, -0.2) is 9.78 Å². The van der Waals surface area contributed by atoms with Gasteiger partial charge in [0.25, 0.3) is 11.1 Å². The van der Waals surface area contributed by atoms with E-state index in [4.69, 9.17) is 0 Å². The number of carbonyl (C=O) groups is 1. The van der Waals surface area contributed by atoms with Crippen molar-refractivity contribution in [1.29, 1.82) is 0 Å². The van der Waals surface area contributed by atoms with Crippen LogP contribution in [0.25, 0.3) is 15.9 Å². The fourth-order valence-electron chi connectivity index (χ4n) is 4.91. The van der Waals surface area contributed by atoms with E-state index in [0.29, 0.717) is 41.1 Å². The molecule has 1 amide bonds. The molecule has 0 radical (unpaired) electrons.